The third-order valence-electron chi connectivity index (χ3n) is 2.80. The molecule has 0 saturated carbocycles. The average Bonchev–Trinajstić information content (AvgIpc) is 2.91. The number of rotatable bonds is 5. The molecule has 0 aliphatic heterocycles. The summed E-state index contributed by atoms with van der Waals surface area (Å²) >= 11 is 6.15. The molecular formula is C13H13F2N3S2. The second-order valence-corrected chi connectivity index (χ2v) is 5.52. The number of thiocarbonyl (C=S) groups is 1. The summed E-state index contributed by atoms with van der Waals surface area (Å²) in [7, 11) is 0. The number of hydrogen-bond acceptors (Lipinski definition) is 4. The summed E-state index contributed by atoms with van der Waals surface area (Å²) < 4.78 is 27.9. The fraction of sp³-hybridized carbons (Fsp3) is 0.231. The van der Waals surface area contributed by atoms with Crippen molar-refractivity contribution in [2.75, 3.05) is 5.32 Å². The van der Waals surface area contributed by atoms with Gasteiger partial charge < -0.3 is 11.1 Å². The van der Waals surface area contributed by atoms with E-state index < -0.39 is 11.6 Å². The molecule has 3 N–H and O–H groups in total. The summed E-state index contributed by atoms with van der Waals surface area (Å²) in [6, 6.07) is 2.01. The van der Waals surface area contributed by atoms with Gasteiger partial charge in [0.15, 0.2) is 0 Å². The van der Waals surface area contributed by atoms with Gasteiger partial charge in [-0.2, -0.15) is 0 Å². The number of nitrogens with zero attached hydrogens (tertiary/aromatic N) is 1. The Morgan fingerprint density at radius 2 is 2.10 bits per heavy atom. The van der Waals surface area contributed by atoms with Gasteiger partial charge in [-0.05, 0) is 18.6 Å². The normalized spacial score (nSPS) is 12.2. The lowest BCUT2D eigenvalue weighted by Gasteiger charge is -2.17. The van der Waals surface area contributed by atoms with Crippen LogP contribution in [0.25, 0.3) is 0 Å². The second kappa shape index (κ2) is 6.23. The standard InChI is InChI=1S/C13H13F2N3S2/c1-2-10(13-17-3-4-20-13)18-11-8(14)5-7(12(16)19)6-9(11)15/h3-6,10,18H,2H2,1H3,(H2,16,19). The predicted molar refractivity (Wildman–Crippen MR) is 81.0 cm³/mol. The van der Waals surface area contributed by atoms with Crippen LogP contribution in [0.3, 0.4) is 0 Å². The number of nitrogens with one attached hydrogen (secondary N) is 1. The summed E-state index contributed by atoms with van der Waals surface area (Å²) in [5, 5.41) is 5.45. The van der Waals surface area contributed by atoms with Gasteiger partial charge in [-0.3, -0.25) is 0 Å². The minimum atomic E-state index is -0.720. The molecule has 1 unspecified atom stereocenters. The van der Waals surface area contributed by atoms with Crippen molar-refractivity contribution in [3.05, 3.63) is 45.9 Å². The number of hydrogen-bond donors (Lipinski definition) is 2. The van der Waals surface area contributed by atoms with Gasteiger partial charge in [0.2, 0.25) is 0 Å². The number of nitrogens with two attached hydrogens (primary N) is 1. The third kappa shape index (κ3) is 3.10. The second-order valence-electron chi connectivity index (χ2n) is 4.15. The number of anilines is 1. The molecule has 106 valence electrons. The predicted octanol–water partition coefficient (Wildman–Crippen LogP) is 3.62. The van der Waals surface area contributed by atoms with E-state index in [2.05, 4.69) is 10.3 Å². The molecule has 0 aliphatic rings. The van der Waals surface area contributed by atoms with Crippen LogP contribution in [0.15, 0.2) is 23.7 Å². The maximum absolute atomic E-state index is 14.0. The first kappa shape index (κ1) is 14.8. The molecule has 0 fully saturated rings. The van der Waals surface area contributed by atoms with Crippen LogP contribution in [0.5, 0.6) is 0 Å². The van der Waals surface area contributed by atoms with Gasteiger partial charge in [0.05, 0.1) is 6.04 Å². The lowest BCUT2D eigenvalue weighted by molar-refractivity contribution is 0.580. The molecule has 3 nitrogen and oxygen atoms in total. The topological polar surface area (TPSA) is 50.9 Å². The van der Waals surface area contributed by atoms with Gasteiger partial charge in [-0.15, -0.1) is 11.3 Å². The highest BCUT2D eigenvalue weighted by Gasteiger charge is 2.18. The molecule has 0 spiro atoms. The lowest BCUT2D eigenvalue weighted by Crippen LogP contribution is -2.14. The van der Waals surface area contributed by atoms with Crippen LogP contribution in [-0.4, -0.2) is 9.97 Å². The Kier molecular flexibility index (Phi) is 4.61. The van der Waals surface area contributed by atoms with Gasteiger partial charge in [0.25, 0.3) is 0 Å². The van der Waals surface area contributed by atoms with E-state index in [0.717, 1.165) is 17.1 Å². The van der Waals surface area contributed by atoms with Crippen LogP contribution in [0.1, 0.15) is 30.0 Å². The van der Waals surface area contributed by atoms with Gasteiger partial charge in [-0.1, -0.05) is 19.1 Å². The molecule has 0 saturated heterocycles. The summed E-state index contributed by atoms with van der Waals surface area (Å²) in [4.78, 5) is 4.12. The third-order valence-corrected chi connectivity index (χ3v) is 3.93. The SMILES string of the molecule is CCC(Nc1c(F)cc(C(N)=S)cc1F)c1nccs1. The van der Waals surface area contributed by atoms with Gasteiger partial charge in [0, 0.05) is 17.1 Å². The number of thiazole rings is 1. The van der Waals surface area contributed by atoms with Gasteiger partial charge >= 0.3 is 0 Å². The van der Waals surface area contributed by atoms with E-state index in [-0.39, 0.29) is 22.3 Å². The van der Waals surface area contributed by atoms with E-state index in [1.165, 1.54) is 11.3 Å². The van der Waals surface area contributed by atoms with E-state index in [1.807, 2.05) is 12.3 Å². The average molecular weight is 313 g/mol. The Morgan fingerprint density at radius 3 is 2.55 bits per heavy atom. The molecule has 20 heavy (non-hydrogen) atoms. The zero-order chi connectivity index (χ0) is 14.7. The Morgan fingerprint density at radius 1 is 1.45 bits per heavy atom. The van der Waals surface area contributed by atoms with Crippen LogP contribution in [0.2, 0.25) is 0 Å². The molecule has 1 aromatic carbocycles. The fourth-order valence-electron chi connectivity index (χ4n) is 1.77. The molecule has 0 radical (unpaired) electrons. The zero-order valence-corrected chi connectivity index (χ0v) is 12.3. The Hall–Kier alpha value is -1.60. The fourth-order valence-corrected chi connectivity index (χ4v) is 2.66. The molecule has 0 bridgehead atoms. The van der Waals surface area contributed by atoms with Gasteiger partial charge in [-0.25, -0.2) is 13.8 Å². The Labute approximate surface area is 124 Å². The molecule has 2 rings (SSSR count). The van der Waals surface area contributed by atoms with Crippen molar-refractivity contribution in [1.29, 1.82) is 0 Å². The molecule has 0 aliphatic carbocycles. The van der Waals surface area contributed by atoms with E-state index in [9.17, 15) is 8.78 Å². The number of benzene rings is 1. The lowest BCUT2D eigenvalue weighted by atomic mass is 10.1. The first-order valence-electron chi connectivity index (χ1n) is 5.97. The van der Waals surface area contributed by atoms with Crippen molar-refractivity contribution in [3.8, 4) is 0 Å². The van der Waals surface area contributed by atoms with Crippen molar-refractivity contribution in [1.82, 2.24) is 4.98 Å². The van der Waals surface area contributed by atoms with Crippen molar-refractivity contribution < 1.29 is 8.78 Å². The van der Waals surface area contributed by atoms with Crippen LogP contribution in [0, 0.1) is 11.6 Å². The highest BCUT2D eigenvalue weighted by Crippen LogP contribution is 2.28. The molecule has 0 amide bonds. The summed E-state index contributed by atoms with van der Waals surface area (Å²) in [6.07, 6.45) is 2.32. The molecule has 1 aromatic heterocycles. The molecule has 1 atom stereocenters. The minimum absolute atomic E-state index is 0.0404. The van der Waals surface area contributed by atoms with E-state index in [0.29, 0.717) is 6.42 Å². The van der Waals surface area contributed by atoms with Gasteiger partial charge in [0.1, 0.15) is 27.3 Å². The molecule has 1 heterocycles. The number of aromatic nitrogens is 1. The largest absolute Gasteiger partial charge is 0.389 e. The quantitative estimate of drug-likeness (QED) is 0.828. The maximum atomic E-state index is 14.0. The van der Waals surface area contributed by atoms with Crippen molar-refractivity contribution in [2.45, 2.75) is 19.4 Å². The first-order chi connectivity index (χ1) is 9.52. The molecule has 7 heteroatoms. The maximum Gasteiger partial charge on any atom is 0.150 e. The number of halogens is 2. The van der Waals surface area contributed by atoms with E-state index in [1.54, 1.807) is 6.20 Å². The first-order valence-corrected chi connectivity index (χ1v) is 7.26. The highest BCUT2D eigenvalue weighted by atomic mass is 32.1. The van der Waals surface area contributed by atoms with E-state index in [4.69, 9.17) is 18.0 Å². The monoisotopic (exact) mass is 313 g/mol. The van der Waals surface area contributed by atoms with Crippen molar-refractivity contribution >= 4 is 34.2 Å². The summed E-state index contributed by atoms with van der Waals surface area (Å²) in [5.74, 6) is -1.44. The minimum Gasteiger partial charge on any atom is -0.389 e. The van der Waals surface area contributed by atoms with E-state index >= 15 is 0 Å². The van der Waals surface area contributed by atoms with Crippen LogP contribution in [-0.2, 0) is 0 Å². The Balaban J connectivity index is 2.31. The van der Waals surface area contributed by atoms with Crippen LogP contribution >= 0.6 is 23.6 Å². The summed E-state index contributed by atoms with van der Waals surface area (Å²) in [6.45, 7) is 1.91. The summed E-state index contributed by atoms with van der Waals surface area (Å²) in [5.41, 5.74) is 5.36. The van der Waals surface area contributed by atoms with Crippen molar-refractivity contribution in [3.63, 3.8) is 0 Å². The smallest absolute Gasteiger partial charge is 0.150 e. The zero-order valence-electron chi connectivity index (χ0n) is 10.7. The van der Waals surface area contributed by atoms with Crippen LogP contribution in [0.4, 0.5) is 14.5 Å². The molecular weight excluding hydrogens is 300 g/mol. The highest BCUT2D eigenvalue weighted by molar-refractivity contribution is 7.80. The van der Waals surface area contributed by atoms with Crippen LogP contribution < -0.4 is 11.1 Å². The molecule has 2 aromatic rings. The Bertz CT molecular complexity index is 591. The van der Waals surface area contributed by atoms with Crippen molar-refractivity contribution in [2.24, 2.45) is 5.73 Å².